The van der Waals surface area contributed by atoms with E-state index in [1.54, 1.807) is 11.9 Å². The smallest absolute Gasteiger partial charge is 0.308 e. The molecule has 2 unspecified atom stereocenters. The van der Waals surface area contributed by atoms with Crippen molar-refractivity contribution >= 4 is 50.7 Å². The highest BCUT2D eigenvalue weighted by Gasteiger charge is 2.38. The number of hydrogen-bond acceptors (Lipinski definition) is 3. The van der Waals surface area contributed by atoms with E-state index in [1.807, 2.05) is 6.07 Å². The highest BCUT2D eigenvalue weighted by atomic mass is 79.9. The summed E-state index contributed by atoms with van der Waals surface area (Å²) in [7, 11) is 1.66. The number of likely N-dealkylation sites (tertiary alicyclic amines) is 1. The summed E-state index contributed by atoms with van der Waals surface area (Å²) >= 11 is 10.7. The summed E-state index contributed by atoms with van der Waals surface area (Å²) in [6, 6.07) is 1.36. The Morgan fingerprint density at radius 2 is 2.32 bits per heavy atom. The summed E-state index contributed by atoms with van der Waals surface area (Å²) in [5.41, 5.74) is 0. The van der Waals surface area contributed by atoms with Gasteiger partial charge in [-0.2, -0.15) is 0 Å². The van der Waals surface area contributed by atoms with E-state index in [0.29, 0.717) is 23.6 Å². The van der Waals surface area contributed by atoms with E-state index in [0.717, 1.165) is 9.35 Å². The van der Waals surface area contributed by atoms with E-state index in [1.165, 1.54) is 11.3 Å². The first-order valence-electron chi connectivity index (χ1n) is 5.85. The number of carboxylic acids is 1. The fourth-order valence-electron chi connectivity index (χ4n) is 2.39. The van der Waals surface area contributed by atoms with Crippen molar-refractivity contribution in [3.8, 4) is 0 Å². The number of thiophene rings is 1. The first-order chi connectivity index (χ1) is 8.91. The molecule has 19 heavy (non-hydrogen) atoms. The lowest BCUT2D eigenvalue weighted by atomic mass is 9.94. The van der Waals surface area contributed by atoms with Gasteiger partial charge >= 0.3 is 5.97 Å². The molecule has 0 bridgehead atoms. The van der Waals surface area contributed by atoms with Gasteiger partial charge in [-0.15, -0.1) is 11.3 Å². The van der Waals surface area contributed by atoms with Gasteiger partial charge < -0.3 is 10.0 Å². The molecule has 1 aromatic rings. The number of halogens is 2. The molecule has 1 aromatic heterocycles. The summed E-state index contributed by atoms with van der Waals surface area (Å²) < 4.78 is 1.31. The van der Waals surface area contributed by atoms with Gasteiger partial charge in [0.05, 0.1) is 12.0 Å². The molecule has 2 rings (SSSR count). The molecular weight excluding hydrogens is 354 g/mol. The lowest BCUT2D eigenvalue weighted by Crippen LogP contribution is -2.35. The van der Waals surface area contributed by atoms with Crippen molar-refractivity contribution in [2.75, 3.05) is 7.05 Å². The van der Waals surface area contributed by atoms with Crippen LogP contribution >= 0.6 is 38.9 Å². The standard InChI is InChI=1S/C12H13BrClNO3S/c1-15-9(16)4-2-3-6(12(17)18)10(15)8-5-7(13)11(14)19-8/h5-6,10H,2-4H2,1H3,(H,17,18). The number of hydrogen-bond donors (Lipinski definition) is 1. The number of carbonyl (C=O) groups excluding carboxylic acids is 1. The minimum Gasteiger partial charge on any atom is -0.481 e. The zero-order chi connectivity index (χ0) is 14.2. The number of amides is 1. The van der Waals surface area contributed by atoms with Crippen molar-refractivity contribution in [1.29, 1.82) is 0 Å². The van der Waals surface area contributed by atoms with Crippen molar-refractivity contribution in [3.05, 3.63) is 19.8 Å². The van der Waals surface area contributed by atoms with Crippen LogP contribution < -0.4 is 0 Å². The fraction of sp³-hybridized carbons (Fsp3) is 0.500. The van der Waals surface area contributed by atoms with Gasteiger partial charge in [0.1, 0.15) is 4.34 Å². The summed E-state index contributed by atoms with van der Waals surface area (Å²) in [5.74, 6) is -1.47. The molecule has 7 heteroatoms. The van der Waals surface area contributed by atoms with Gasteiger partial charge in [-0.05, 0) is 34.8 Å². The Hall–Kier alpha value is -0.590. The topological polar surface area (TPSA) is 57.6 Å². The Morgan fingerprint density at radius 1 is 1.63 bits per heavy atom. The number of nitrogens with zero attached hydrogens (tertiary/aromatic N) is 1. The van der Waals surface area contributed by atoms with Crippen LogP contribution in [0.5, 0.6) is 0 Å². The SMILES string of the molecule is CN1C(=O)CCCC(C(=O)O)C1c1cc(Br)c(Cl)s1. The van der Waals surface area contributed by atoms with E-state index in [4.69, 9.17) is 11.6 Å². The van der Waals surface area contributed by atoms with E-state index in [-0.39, 0.29) is 5.91 Å². The first-order valence-corrected chi connectivity index (χ1v) is 7.83. The van der Waals surface area contributed by atoms with Gasteiger partial charge in [-0.3, -0.25) is 9.59 Å². The summed E-state index contributed by atoms with van der Waals surface area (Å²) in [4.78, 5) is 25.8. The van der Waals surface area contributed by atoms with Crippen LogP contribution in [0.25, 0.3) is 0 Å². The quantitative estimate of drug-likeness (QED) is 0.871. The van der Waals surface area contributed by atoms with Gasteiger partial charge in [0.15, 0.2) is 0 Å². The van der Waals surface area contributed by atoms with E-state index >= 15 is 0 Å². The van der Waals surface area contributed by atoms with E-state index < -0.39 is 17.9 Å². The largest absolute Gasteiger partial charge is 0.481 e. The second kappa shape index (κ2) is 5.81. The number of rotatable bonds is 2. The number of carboxylic acid groups (broad SMARTS) is 1. The first kappa shape index (κ1) is 14.8. The van der Waals surface area contributed by atoms with Crippen LogP contribution in [0, 0.1) is 5.92 Å². The lowest BCUT2D eigenvalue weighted by molar-refractivity contribution is -0.145. The third kappa shape index (κ3) is 2.95. The van der Waals surface area contributed by atoms with Crippen LogP contribution in [0.2, 0.25) is 4.34 Å². The third-order valence-corrected chi connectivity index (χ3v) is 5.92. The predicted molar refractivity (Wildman–Crippen MR) is 77.5 cm³/mol. The van der Waals surface area contributed by atoms with Crippen LogP contribution in [0.15, 0.2) is 10.5 Å². The molecular formula is C12H13BrClNO3S. The van der Waals surface area contributed by atoms with Crippen LogP contribution in [-0.4, -0.2) is 28.9 Å². The van der Waals surface area contributed by atoms with Crippen LogP contribution in [0.4, 0.5) is 0 Å². The molecule has 1 aliphatic rings. The normalized spacial score (nSPS) is 24.4. The molecule has 1 aliphatic heterocycles. The lowest BCUT2D eigenvalue weighted by Gasteiger charge is -2.29. The third-order valence-electron chi connectivity index (χ3n) is 3.37. The molecule has 104 valence electrons. The highest BCUT2D eigenvalue weighted by Crippen LogP contribution is 2.42. The molecule has 0 radical (unpaired) electrons. The maximum Gasteiger partial charge on any atom is 0.308 e. The second-order valence-corrected chi connectivity index (χ2v) is 7.10. The average molecular weight is 367 g/mol. The molecule has 0 aliphatic carbocycles. The van der Waals surface area contributed by atoms with E-state index in [9.17, 15) is 14.7 Å². The summed E-state index contributed by atoms with van der Waals surface area (Å²) in [6.07, 6.45) is 1.51. The molecule has 2 atom stereocenters. The van der Waals surface area contributed by atoms with Gasteiger partial charge in [-0.25, -0.2) is 0 Å². The van der Waals surface area contributed by atoms with Crippen LogP contribution in [-0.2, 0) is 9.59 Å². The zero-order valence-electron chi connectivity index (χ0n) is 10.2. The zero-order valence-corrected chi connectivity index (χ0v) is 13.4. The summed E-state index contributed by atoms with van der Waals surface area (Å²) in [5, 5.41) is 9.40. The number of aliphatic carboxylic acids is 1. The average Bonchev–Trinajstić information content (AvgIpc) is 2.58. The van der Waals surface area contributed by atoms with Crippen molar-refractivity contribution in [2.24, 2.45) is 5.92 Å². The maximum atomic E-state index is 12.0. The maximum absolute atomic E-state index is 12.0. The van der Waals surface area contributed by atoms with Crippen molar-refractivity contribution in [3.63, 3.8) is 0 Å². The van der Waals surface area contributed by atoms with E-state index in [2.05, 4.69) is 15.9 Å². The molecule has 2 heterocycles. The van der Waals surface area contributed by atoms with Crippen LogP contribution in [0.1, 0.15) is 30.2 Å². The van der Waals surface area contributed by atoms with Gasteiger partial charge in [0, 0.05) is 22.8 Å². The monoisotopic (exact) mass is 365 g/mol. The Kier molecular flexibility index (Phi) is 4.53. The van der Waals surface area contributed by atoms with Crippen molar-refractivity contribution in [2.45, 2.75) is 25.3 Å². The molecule has 1 amide bonds. The Labute approximate surface area is 128 Å². The molecule has 0 aromatic carbocycles. The molecule has 1 N–H and O–H groups in total. The predicted octanol–water partition coefficient (Wildman–Crippen LogP) is 3.55. The fourth-order valence-corrected chi connectivity index (χ4v) is 4.34. The van der Waals surface area contributed by atoms with Crippen LogP contribution in [0.3, 0.4) is 0 Å². The minimum absolute atomic E-state index is 0.0191. The molecule has 0 spiro atoms. The minimum atomic E-state index is -0.868. The molecule has 4 nitrogen and oxygen atoms in total. The van der Waals surface area contributed by atoms with Gasteiger partial charge in [-0.1, -0.05) is 11.6 Å². The van der Waals surface area contributed by atoms with Crippen molar-refractivity contribution < 1.29 is 14.7 Å². The Balaban J connectivity index is 2.44. The van der Waals surface area contributed by atoms with Crippen molar-refractivity contribution in [1.82, 2.24) is 4.90 Å². The van der Waals surface area contributed by atoms with Gasteiger partial charge in [0.2, 0.25) is 5.91 Å². The number of carbonyl (C=O) groups is 2. The Bertz CT molecular complexity index is 500. The van der Waals surface area contributed by atoms with Gasteiger partial charge in [0.25, 0.3) is 0 Å². The molecule has 1 saturated heterocycles. The summed E-state index contributed by atoms with van der Waals surface area (Å²) in [6.45, 7) is 0. The Morgan fingerprint density at radius 3 is 2.84 bits per heavy atom. The molecule has 1 fully saturated rings. The second-order valence-electron chi connectivity index (χ2n) is 4.56. The molecule has 0 saturated carbocycles. The highest BCUT2D eigenvalue weighted by molar-refractivity contribution is 9.10.